The van der Waals surface area contributed by atoms with E-state index in [9.17, 15) is 8.42 Å². The first-order chi connectivity index (χ1) is 12.0. The largest absolute Gasteiger partial charge is 0.385 e. The van der Waals surface area contributed by atoms with Gasteiger partial charge in [0.1, 0.15) is 4.21 Å². The fraction of sp³-hybridized carbons (Fsp3) is 0.357. The fourth-order valence-corrected chi connectivity index (χ4v) is 5.70. The summed E-state index contributed by atoms with van der Waals surface area (Å²) in [6.07, 6.45) is 3.39. The van der Waals surface area contributed by atoms with Crippen molar-refractivity contribution >= 4 is 44.3 Å². The standard InChI is InChI=1S/C14H16N4O3S4/c1-21-7-4-6-18-12(10-5-3-8-22-10)16-17-13(18)24-14-15-9-11(23-14)25(2,19)20/h3,5,8-9H,4,6-7H2,1-2H3. The van der Waals surface area contributed by atoms with E-state index in [0.29, 0.717) is 22.6 Å². The van der Waals surface area contributed by atoms with Crippen LogP contribution in [-0.4, -0.2) is 48.1 Å². The molecule has 0 N–H and O–H groups in total. The lowest BCUT2D eigenvalue weighted by Gasteiger charge is -2.08. The second-order valence-corrected chi connectivity index (χ2v) is 10.5. The Bertz CT molecular complexity index is 931. The third kappa shape index (κ3) is 4.47. The molecule has 0 aliphatic heterocycles. The number of sulfone groups is 1. The molecule has 7 nitrogen and oxygen atoms in total. The van der Waals surface area contributed by atoms with Gasteiger partial charge in [0.2, 0.25) is 0 Å². The normalized spacial score (nSPS) is 11.9. The zero-order valence-electron chi connectivity index (χ0n) is 13.6. The monoisotopic (exact) mass is 416 g/mol. The van der Waals surface area contributed by atoms with E-state index in [0.717, 1.165) is 28.5 Å². The summed E-state index contributed by atoms with van der Waals surface area (Å²) >= 11 is 4.06. The lowest BCUT2D eigenvalue weighted by molar-refractivity contribution is 0.189. The first-order valence-electron chi connectivity index (χ1n) is 7.29. The molecule has 0 unspecified atom stereocenters. The average Bonchev–Trinajstić information content (AvgIpc) is 3.28. The number of aromatic nitrogens is 4. The zero-order valence-corrected chi connectivity index (χ0v) is 16.8. The highest BCUT2D eigenvalue weighted by Gasteiger charge is 2.18. The van der Waals surface area contributed by atoms with E-state index in [4.69, 9.17) is 4.74 Å². The predicted molar refractivity (Wildman–Crippen MR) is 99.2 cm³/mol. The molecular weight excluding hydrogens is 400 g/mol. The van der Waals surface area contributed by atoms with Gasteiger partial charge in [-0.2, -0.15) is 0 Å². The summed E-state index contributed by atoms with van der Waals surface area (Å²) in [5.41, 5.74) is 0. The molecule has 0 fully saturated rings. The molecule has 0 aliphatic rings. The van der Waals surface area contributed by atoms with Crippen LogP contribution in [0.4, 0.5) is 0 Å². The van der Waals surface area contributed by atoms with Crippen LogP contribution in [0.5, 0.6) is 0 Å². The number of rotatable bonds is 8. The Morgan fingerprint density at radius 2 is 2.20 bits per heavy atom. The molecule has 25 heavy (non-hydrogen) atoms. The maximum absolute atomic E-state index is 11.6. The maximum atomic E-state index is 11.6. The first-order valence-corrected chi connectivity index (χ1v) is 11.7. The highest BCUT2D eigenvalue weighted by atomic mass is 32.2. The van der Waals surface area contributed by atoms with Crippen LogP contribution in [0, 0.1) is 0 Å². The molecular formula is C14H16N4O3S4. The molecule has 0 saturated heterocycles. The van der Waals surface area contributed by atoms with Crippen molar-refractivity contribution in [3.05, 3.63) is 23.7 Å². The smallest absolute Gasteiger partial charge is 0.198 e. The van der Waals surface area contributed by atoms with Crippen molar-refractivity contribution in [2.75, 3.05) is 20.0 Å². The molecule has 134 valence electrons. The van der Waals surface area contributed by atoms with Crippen LogP contribution in [0.15, 0.2) is 37.4 Å². The number of thiophene rings is 1. The number of nitrogens with zero attached hydrogens (tertiary/aromatic N) is 4. The van der Waals surface area contributed by atoms with E-state index < -0.39 is 9.84 Å². The summed E-state index contributed by atoms with van der Waals surface area (Å²) in [6, 6.07) is 3.97. The van der Waals surface area contributed by atoms with Crippen molar-refractivity contribution in [2.45, 2.75) is 26.7 Å². The van der Waals surface area contributed by atoms with Gasteiger partial charge in [-0.05, 0) is 29.6 Å². The quantitative estimate of drug-likeness (QED) is 0.522. The fourth-order valence-electron chi connectivity index (χ4n) is 2.06. The van der Waals surface area contributed by atoms with Gasteiger partial charge >= 0.3 is 0 Å². The Morgan fingerprint density at radius 3 is 2.84 bits per heavy atom. The summed E-state index contributed by atoms with van der Waals surface area (Å²) < 4.78 is 31.3. The van der Waals surface area contributed by atoms with Gasteiger partial charge in [0.25, 0.3) is 0 Å². The van der Waals surface area contributed by atoms with Gasteiger partial charge in [0, 0.05) is 26.5 Å². The number of methoxy groups -OCH3 is 1. The maximum Gasteiger partial charge on any atom is 0.198 e. The van der Waals surface area contributed by atoms with Crippen LogP contribution in [0.1, 0.15) is 6.42 Å². The lowest BCUT2D eigenvalue weighted by Crippen LogP contribution is -2.04. The molecule has 0 saturated carbocycles. The molecule has 3 aromatic heterocycles. The van der Waals surface area contributed by atoms with Gasteiger partial charge in [-0.1, -0.05) is 17.4 Å². The summed E-state index contributed by atoms with van der Waals surface area (Å²) in [4.78, 5) is 5.22. The van der Waals surface area contributed by atoms with E-state index in [1.54, 1.807) is 18.4 Å². The zero-order chi connectivity index (χ0) is 17.9. The molecule has 0 radical (unpaired) electrons. The van der Waals surface area contributed by atoms with Crippen LogP contribution >= 0.6 is 34.4 Å². The summed E-state index contributed by atoms with van der Waals surface area (Å²) in [5, 5.41) is 11.3. The minimum Gasteiger partial charge on any atom is -0.385 e. The van der Waals surface area contributed by atoms with Crippen LogP contribution in [0.3, 0.4) is 0 Å². The molecule has 0 spiro atoms. The Labute approximate surface area is 158 Å². The van der Waals surface area contributed by atoms with Crippen LogP contribution in [0.25, 0.3) is 10.7 Å². The van der Waals surface area contributed by atoms with E-state index in [2.05, 4.69) is 15.2 Å². The third-order valence-electron chi connectivity index (χ3n) is 3.20. The van der Waals surface area contributed by atoms with Crippen molar-refractivity contribution in [3.63, 3.8) is 0 Å². The number of ether oxygens (including phenoxy) is 1. The van der Waals surface area contributed by atoms with Crippen molar-refractivity contribution < 1.29 is 13.2 Å². The molecule has 0 aromatic carbocycles. The third-order valence-corrected chi connectivity index (χ3v) is 7.91. The second-order valence-electron chi connectivity index (χ2n) is 5.10. The predicted octanol–water partition coefficient (Wildman–Crippen LogP) is 3.05. The van der Waals surface area contributed by atoms with Crippen LogP contribution in [-0.2, 0) is 21.1 Å². The molecule has 0 amide bonds. The van der Waals surface area contributed by atoms with Gasteiger partial charge < -0.3 is 9.30 Å². The molecule has 0 bridgehead atoms. The van der Waals surface area contributed by atoms with Gasteiger partial charge in [0.15, 0.2) is 25.2 Å². The van der Waals surface area contributed by atoms with Crippen molar-refractivity contribution in [2.24, 2.45) is 0 Å². The van der Waals surface area contributed by atoms with E-state index in [1.165, 1.54) is 24.2 Å². The molecule has 3 heterocycles. The molecule has 11 heteroatoms. The van der Waals surface area contributed by atoms with Crippen molar-refractivity contribution in [1.29, 1.82) is 0 Å². The molecule has 3 rings (SSSR count). The summed E-state index contributed by atoms with van der Waals surface area (Å²) in [6.45, 7) is 1.35. The Balaban J connectivity index is 1.88. The Hall–Kier alpha value is -1.27. The SMILES string of the molecule is COCCCn1c(Sc2ncc(S(C)(=O)=O)s2)nnc1-c1cccs1. The van der Waals surface area contributed by atoms with Gasteiger partial charge in [0.05, 0.1) is 11.1 Å². The molecule has 0 atom stereocenters. The number of thiazole rings is 1. The summed E-state index contributed by atoms with van der Waals surface area (Å²) in [5.74, 6) is 0.800. The average molecular weight is 417 g/mol. The molecule has 3 aromatic rings. The van der Waals surface area contributed by atoms with Crippen LogP contribution < -0.4 is 0 Å². The molecule has 0 aliphatic carbocycles. The topological polar surface area (TPSA) is 87.0 Å². The van der Waals surface area contributed by atoms with Gasteiger partial charge in [-0.25, -0.2) is 13.4 Å². The number of hydrogen-bond acceptors (Lipinski definition) is 9. The summed E-state index contributed by atoms with van der Waals surface area (Å²) in [7, 11) is -1.58. The van der Waals surface area contributed by atoms with Gasteiger partial charge in [-0.3, -0.25) is 0 Å². The van der Waals surface area contributed by atoms with Crippen molar-refractivity contribution in [3.8, 4) is 10.7 Å². The van der Waals surface area contributed by atoms with Crippen LogP contribution in [0.2, 0.25) is 0 Å². The minimum absolute atomic E-state index is 0.249. The highest BCUT2D eigenvalue weighted by Crippen LogP contribution is 2.34. The minimum atomic E-state index is -3.25. The van der Waals surface area contributed by atoms with Gasteiger partial charge in [-0.15, -0.1) is 21.5 Å². The second kappa shape index (κ2) is 7.96. The first kappa shape index (κ1) is 18.5. The van der Waals surface area contributed by atoms with E-state index in [-0.39, 0.29) is 4.21 Å². The highest BCUT2D eigenvalue weighted by molar-refractivity contribution is 8.01. The lowest BCUT2D eigenvalue weighted by atomic mass is 10.4. The Morgan fingerprint density at radius 1 is 1.36 bits per heavy atom. The Kier molecular flexibility index (Phi) is 5.89. The number of hydrogen-bond donors (Lipinski definition) is 0. The van der Waals surface area contributed by atoms with E-state index in [1.807, 2.05) is 22.1 Å². The van der Waals surface area contributed by atoms with Crippen molar-refractivity contribution in [1.82, 2.24) is 19.7 Å². The van der Waals surface area contributed by atoms with E-state index >= 15 is 0 Å².